The molecule has 0 fully saturated rings. The van der Waals surface area contributed by atoms with E-state index in [9.17, 15) is 12.8 Å². The van der Waals surface area contributed by atoms with Gasteiger partial charge in [0.05, 0.1) is 23.8 Å². The fourth-order valence-corrected chi connectivity index (χ4v) is 2.73. The minimum Gasteiger partial charge on any atom is -0.396 e. The van der Waals surface area contributed by atoms with Gasteiger partial charge in [-0.25, -0.2) is 17.5 Å². The van der Waals surface area contributed by atoms with Crippen LogP contribution in [0.3, 0.4) is 0 Å². The molecule has 0 aliphatic rings. The van der Waals surface area contributed by atoms with E-state index in [1.54, 1.807) is 0 Å². The van der Waals surface area contributed by atoms with E-state index in [0.29, 0.717) is 6.61 Å². The summed E-state index contributed by atoms with van der Waals surface area (Å²) in [6.45, 7) is 3.17. The van der Waals surface area contributed by atoms with E-state index >= 15 is 0 Å². The van der Waals surface area contributed by atoms with Crippen molar-refractivity contribution >= 4 is 15.7 Å². The smallest absolute Gasteiger partial charge is 0.240 e. The summed E-state index contributed by atoms with van der Waals surface area (Å²) < 4.78 is 45.1. The van der Waals surface area contributed by atoms with Crippen molar-refractivity contribution < 1.29 is 17.5 Å². The van der Waals surface area contributed by atoms with Crippen molar-refractivity contribution in [3.05, 3.63) is 23.5 Å². The number of aryl methyl sites for hydroxylation is 1. The predicted octanol–water partition coefficient (Wildman–Crippen LogP) is 0.573. The Morgan fingerprint density at radius 3 is 2.57 bits per heavy atom. The Hall–Kier alpha value is -1.22. The molecule has 1 aromatic carbocycles. The fourth-order valence-electron chi connectivity index (χ4n) is 1.60. The van der Waals surface area contributed by atoms with Crippen molar-refractivity contribution in [3.63, 3.8) is 0 Å². The summed E-state index contributed by atoms with van der Waals surface area (Å²) in [6, 6.07) is 2.36. The number of anilines is 1. The molecule has 0 radical (unpaired) electrons. The normalized spacial score (nSPS) is 12.0. The van der Waals surface area contributed by atoms with Gasteiger partial charge in [-0.05, 0) is 38.7 Å². The van der Waals surface area contributed by atoms with Gasteiger partial charge in [0.25, 0.3) is 0 Å². The van der Waals surface area contributed by atoms with Crippen molar-refractivity contribution in [1.29, 1.82) is 0 Å². The minimum atomic E-state index is -3.71. The number of rotatable bonds is 8. The molecule has 0 spiro atoms. The second kappa shape index (κ2) is 7.69. The summed E-state index contributed by atoms with van der Waals surface area (Å²) in [7, 11) is 0.135. The lowest BCUT2D eigenvalue weighted by Gasteiger charge is -2.11. The van der Waals surface area contributed by atoms with Crippen molar-refractivity contribution in [2.45, 2.75) is 11.8 Å². The zero-order valence-electron chi connectivity index (χ0n) is 12.5. The van der Waals surface area contributed by atoms with Crippen molar-refractivity contribution in [2.75, 3.05) is 46.1 Å². The van der Waals surface area contributed by atoms with Crippen molar-refractivity contribution in [1.82, 2.24) is 9.62 Å². The molecule has 1 aromatic rings. The number of hydrogen-bond donors (Lipinski definition) is 2. The standard InChI is InChI=1S/C13H22FN3O3S/c1-10-8-11(9-12(15)13(10)14)21(18,19)16-4-6-20-7-5-17(2)3/h8-9,16H,4-7,15H2,1-3H3. The summed E-state index contributed by atoms with van der Waals surface area (Å²) in [6.07, 6.45) is 0. The van der Waals surface area contributed by atoms with Crippen LogP contribution in [0.15, 0.2) is 17.0 Å². The van der Waals surface area contributed by atoms with Gasteiger partial charge in [0.2, 0.25) is 10.0 Å². The molecule has 0 aliphatic heterocycles. The third kappa shape index (κ3) is 5.58. The van der Waals surface area contributed by atoms with Crippen LogP contribution in [0.1, 0.15) is 5.56 Å². The van der Waals surface area contributed by atoms with Crippen LogP contribution in [0.4, 0.5) is 10.1 Å². The molecule has 0 bridgehead atoms. The molecule has 21 heavy (non-hydrogen) atoms. The molecule has 0 saturated heterocycles. The highest BCUT2D eigenvalue weighted by Gasteiger charge is 2.16. The maximum Gasteiger partial charge on any atom is 0.240 e. The first-order valence-electron chi connectivity index (χ1n) is 6.52. The molecule has 0 heterocycles. The topological polar surface area (TPSA) is 84.7 Å². The van der Waals surface area contributed by atoms with Gasteiger partial charge < -0.3 is 15.4 Å². The quantitative estimate of drug-likeness (QED) is 0.541. The number of nitrogens with one attached hydrogen (secondary N) is 1. The first-order valence-corrected chi connectivity index (χ1v) is 8.00. The molecule has 0 amide bonds. The van der Waals surface area contributed by atoms with Crippen molar-refractivity contribution in [3.8, 4) is 0 Å². The number of ether oxygens (including phenoxy) is 1. The molecule has 0 aromatic heterocycles. The van der Waals surface area contributed by atoms with Crippen LogP contribution in [0.5, 0.6) is 0 Å². The minimum absolute atomic E-state index is 0.0489. The zero-order valence-corrected chi connectivity index (χ0v) is 13.3. The van der Waals surface area contributed by atoms with Crippen LogP contribution in [0, 0.1) is 12.7 Å². The summed E-state index contributed by atoms with van der Waals surface area (Å²) in [4.78, 5) is 1.92. The van der Waals surface area contributed by atoms with Crippen LogP contribution in [-0.2, 0) is 14.8 Å². The molecular formula is C13H22FN3O3S. The molecule has 6 nitrogen and oxygen atoms in total. The van der Waals surface area contributed by atoms with Crippen LogP contribution >= 0.6 is 0 Å². The monoisotopic (exact) mass is 319 g/mol. The lowest BCUT2D eigenvalue weighted by atomic mass is 10.2. The number of benzene rings is 1. The summed E-state index contributed by atoms with van der Waals surface area (Å²) >= 11 is 0. The average Bonchev–Trinajstić information content (AvgIpc) is 2.39. The Bertz CT molecular complexity index is 553. The molecule has 1 rings (SSSR count). The number of nitrogen functional groups attached to an aromatic ring is 1. The largest absolute Gasteiger partial charge is 0.396 e. The van der Waals surface area contributed by atoms with Gasteiger partial charge in [0.15, 0.2) is 0 Å². The second-order valence-electron chi connectivity index (χ2n) is 4.96. The van der Waals surface area contributed by atoms with E-state index in [2.05, 4.69) is 4.72 Å². The molecule has 0 saturated carbocycles. The fraction of sp³-hybridized carbons (Fsp3) is 0.538. The first kappa shape index (κ1) is 17.8. The highest BCUT2D eigenvalue weighted by Crippen LogP contribution is 2.20. The average molecular weight is 319 g/mol. The van der Waals surface area contributed by atoms with Crippen LogP contribution in [-0.4, -0.2) is 53.7 Å². The predicted molar refractivity (Wildman–Crippen MR) is 80.1 cm³/mol. The van der Waals surface area contributed by atoms with Crippen LogP contribution < -0.4 is 10.5 Å². The Morgan fingerprint density at radius 2 is 2.00 bits per heavy atom. The van der Waals surface area contributed by atoms with Crippen LogP contribution in [0.2, 0.25) is 0 Å². The van der Waals surface area contributed by atoms with Gasteiger partial charge >= 0.3 is 0 Å². The Morgan fingerprint density at radius 1 is 1.33 bits per heavy atom. The molecule has 0 unspecified atom stereocenters. The van der Waals surface area contributed by atoms with E-state index in [4.69, 9.17) is 10.5 Å². The summed E-state index contributed by atoms with van der Waals surface area (Å²) in [5, 5.41) is 0. The van der Waals surface area contributed by atoms with Crippen LogP contribution in [0.25, 0.3) is 0 Å². The maximum absolute atomic E-state index is 13.4. The molecule has 3 N–H and O–H groups in total. The van der Waals surface area contributed by atoms with E-state index in [1.807, 2.05) is 19.0 Å². The highest BCUT2D eigenvalue weighted by molar-refractivity contribution is 7.89. The second-order valence-corrected chi connectivity index (χ2v) is 6.72. The lowest BCUT2D eigenvalue weighted by Crippen LogP contribution is -2.28. The Kier molecular flexibility index (Phi) is 6.53. The number of halogens is 1. The Labute approximate surface area is 125 Å². The third-order valence-electron chi connectivity index (χ3n) is 2.79. The van der Waals surface area contributed by atoms with Gasteiger partial charge in [0.1, 0.15) is 5.82 Å². The number of sulfonamides is 1. The summed E-state index contributed by atoms with van der Waals surface area (Å²) in [5.41, 5.74) is 5.45. The van der Waals surface area contributed by atoms with Gasteiger partial charge in [-0.2, -0.15) is 0 Å². The number of nitrogens with zero attached hydrogens (tertiary/aromatic N) is 1. The van der Waals surface area contributed by atoms with Crippen molar-refractivity contribution in [2.24, 2.45) is 0 Å². The molecule has 120 valence electrons. The SMILES string of the molecule is Cc1cc(S(=O)(=O)NCCOCCN(C)C)cc(N)c1F. The number of likely N-dealkylation sites (N-methyl/N-ethyl adjacent to an activating group) is 1. The molecular weight excluding hydrogens is 297 g/mol. The summed E-state index contributed by atoms with van der Waals surface area (Å²) in [5.74, 6) is -0.596. The lowest BCUT2D eigenvalue weighted by molar-refractivity contribution is 0.122. The highest BCUT2D eigenvalue weighted by atomic mass is 32.2. The molecule has 0 atom stereocenters. The zero-order chi connectivity index (χ0) is 16.0. The number of nitrogens with two attached hydrogens (primary N) is 1. The Balaban J connectivity index is 2.54. The number of hydrogen-bond acceptors (Lipinski definition) is 5. The molecule has 0 aliphatic carbocycles. The maximum atomic E-state index is 13.4. The van der Waals surface area contributed by atoms with Gasteiger partial charge in [-0.3, -0.25) is 0 Å². The van der Waals surface area contributed by atoms with E-state index in [0.717, 1.165) is 12.6 Å². The van der Waals surface area contributed by atoms with E-state index < -0.39 is 15.8 Å². The van der Waals surface area contributed by atoms with E-state index in [1.165, 1.54) is 13.0 Å². The first-order chi connectivity index (χ1) is 9.74. The van der Waals surface area contributed by atoms with Gasteiger partial charge in [-0.1, -0.05) is 0 Å². The third-order valence-corrected chi connectivity index (χ3v) is 4.23. The van der Waals surface area contributed by atoms with Gasteiger partial charge in [-0.15, -0.1) is 0 Å². The van der Waals surface area contributed by atoms with E-state index in [-0.39, 0.29) is 29.3 Å². The van der Waals surface area contributed by atoms with Gasteiger partial charge in [0, 0.05) is 13.1 Å². The molecule has 8 heteroatoms.